The van der Waals surface area contributed by atoms with Gasteiger partial charge in [0.25, 0.3) is 0 Å². The van der Waals surface area contributed by atoms with Crippen molar-refractivity contribution in [1.29, 1.82) is 0 Å². The van der Waals surface area contributed by atoms with Crippen molar-refractivity contribution in [2.75, 3.05) is 4.90 Å². The molecule has 11 rings (SSSR count). The highest BCUT2D eigenvalue weighted by Crippen LogP contribution is 2.63. The van der Waals surface area contributed by atoms with Crippen molar-refractivity contribution in [3.8, 4) is 22.3 Å². The molecule has 9 aromatic rings. The largest absolute Gasteiger partial charge is 0.310 e. The van der Waals surface area contributed by atoms with E-state index in [0.717, 1.165) is 17.1 Å². The molecule has 238 valence electrons. The molecule has 0 radical (unpaired) electrons. The first-order chi connectivity index (χ1) is 25.2. The number of nitrogens with zero attached hydrogens (tertiary/aromatic N) is 1. The molecule has 1 spiro atoms. The summed E-state index contributed by atoms with van der Waals surface area (Å²) in [6.45, 7) is 0. The van der Waals surface area contributed by atoms with Crippen LogP contribution in [0.2, 0.25) is 0 Å². The van der Waals surface area contributed by atoms with Crippen LogP contribution in [0.15, 0.2) is 182 Å². The Balaban J connectivity index is 1.25. The minimum Gasteiger partial charge on any atom is -0.310 e. The maximum Gasteiger partial charge on any atom is 0.123 e. The number of rotatable bonds is 3. The Morgan fingerprint density at radius 1 is 0.353 bits per heavy atom. The van der Waals surface area contributed by atoms with Gasteiger partial charge in [0.15, 0.2) is 0 Å². The van der Waals surface area contributed by atoms with Crippen LogP contribution in [-0.4, -0.2) is 0 Å². The summed E-state index contributed by atoms with van der Waals surface area (Å²) in [6.07, 6.45) is 0. The molecule has 0 atom stereocenters. The Bertz CT molecular complexity index is 2780. The van der Waals surface area contributed by atoms with Crippen molar-refractivity contribution in [3.63, 3.8) is 0 Å². The van der Waals surface area contributed by atoms with E-state index < -0.39 is 5.41 Å². The van der Waals surface area contributed by atoms with Crippen molar-refractivity contribution >= 4 is 49.4 Å². The van der Waals surface area contributed by atoms with Gasteiger partial charge in [-0.05, 0) is 114 Å². The Hall–Kier alpha value is -6.51. The molecule has 2 heteroatoms. The summed E-state index contributed by atoms with van der Waals surface area (Å²) < 4.78 is 14.6. The van der Waals surface area contributed by atoms with Crippen molar-refractivity contribution in [1.82, 2.24) is 0 Å². The van der Waals surface area contributed by atoms with E-state index in [1.54, 1.807) is 12.1 Å². The van der Waals surface area contributed by atoms with Crippen LogP contribution in [0.4, 0.5) is 21.5 Å². The predicted octanol–water partition coefficient (Wildman–Crippen LogP) is 13.1. The normalized spacial score (nSPS) is 13.4. The molecular weight excluding hydrogens is 622 g/mol. The van der Waals surface area contributed by atoms with E-state index in [-0.39, 0.29) is 5.82 Å². The Kier molecular flexibility index (Phi) is 5.83. The molecule has 9 aromatic carbocycles. The number of anilines is 3. The summed E-state index contributed by atoms with van der Waals surface area (Å²) in [5.74, 6) is -0.254. The molecule has 0 amide bonds. The summed E-state index contributed by atoms with van der Waals surface area (Å²) in [7, 11) is 0. The second-order valence-electron chi connectivity index (χ2n) is 13.7. The maximum atomic E-state index is 14.6. The first kappa shape index (κ1) is 28.3. The van der Waals surface area contributed by atoms with Gasteiger partial charge < -0.3 is 4.90 Å². The van der Waals surface area contributed by atoms with Gasteiger partial charge in [-0.15, -0.1) is 0 Å². The highest BCUT2D eigenvalue weighted by molar-refractivity contribution is 6.28. The van der Waals surface area contributed by atoms with Crippen LogP contribution >= 0.6 is 0 Å². The monoisotopic (exact) mass is 651 g/mol. The van der Waals surface area contributed by atoms with E-state index in [0.29, 0.717) is 0 Å². The predicted molar refractivity (Wildman–Crippen MR) is 210 cm³/mol. The zero-order valence-electron chi connectivity index (χ0n) is 27.6. The Morgan fingerprint density at radius 2 is 0.784 bits per heavy atom. The third-order valence-corrected chi connectivity index (χ3v) is 11.3. The Labute approximate surface area is 295 Å². The summed E-state index contributed by atoms with van der Waals surface area (Å²) in [4.78, 5) is 2.33. The highest BCUT2D eigenvalue weighted by Gasteiger charge is 2.51. The number of hydrogen-bond acceptors (Lipinski definition) is 1. The van der Waals surface area contributed by atoms with Crippen molar-refractivity contribution in [2.45, 2.75) is 5.41 Å². The SMILES string of the molecule is Fc1ccc(N(c2ccc3c(c2)C2(c4ccccc4-c4ccccc42)c2ccccc2-3)c2cccc3c4ccccc4c4ccccc4c23)cc1. The fraction of sp³-hybridized carbons (Fsp3) is 0.0204. The zero-order chi connectivity index (χ0) is 33.7. The second-order valence-corrected chi connectivity index (χ2v) is 13.7. The number of hydrogen-bond donors (Lipinski definition) is 0. The highest BCUT2D eigenvalue weighted by atomic mass is 19.1. The molecule has 0 bridgehead atoms. The first-order valence-electron chi connectivity index (χ1n) is 17.5. The van der Waals surface area contributed by atoms with Crippen molar-refractivity contribution in [2.24, 2.45) is 0 Å². The van der Waals surface area contributed by atoms with Gasteiger partial charge in [-0.1, -0.05) is 140 Å². The molecule has 2 aliphatic carbocycles. The molecule has 51 heavy (non-hydrogen) atoms. The van der Waals surface area contributed by atoms with E-state index >= 15 is 0 Å². The van der Waals surface area contributed by atoms with Gasteiger partial charge in [0.1, 0.15) is 5.82 Å². The summed E-state index contributed by atoms with van der Waals surface area (Å²) in [6, 6.07) is 64.6. The van der Waals surface area contributed by atoms with E-state index in [1.807, 2.05) is 12.1 Å². The molecule has 0 unspecified atom stereocenters. The molecule has 0 heterocycles. The first-order valence-corrected chi connectivity index (χ1v) is 17.5. The molecule has 0 saturated carbocycles. The van der Waals surface area contributed by atoms with Gasteiger partial charge in [-0.2, -0.15) is 0 Å². The zero-order valence-corrected chi connectivity index (χ0v) is 27.6. The topological polar surface area (TPSA) is 3.24 Å². The van der Waals surface area contributed by atoms with Crippen LogP contribution in [0.25, 0.3) is 54.6 Å². The van der Waals surface area contributed by atoms with Gasteiger partial charge >= 0.3 is 0 Å². The smallest absolute Gasteiger partial charge is 0.123 e. The van der Waals surface area contributed by atoms with Crippen molar-refractivity contribution < 1.29 is 4.39 Å². The van der Waals surface area contributed by atoms with Gasteiger partial charge in [-0.3, -0.25) is 0 Å². The van der Waals surface area contributed by atoms with Gasteiger partial charge in [0.05, 0.1) is 11.1 Å². The van der Waals surface area contributed by atoms with Crippen LogP contribution in [0.3, 0.4) is 0 Å². The van der Waals surface area contributed by atoms with E-state index in [1.165, 1.54) is 76.8 Å². The lowest BCUT2D eigenvalue weighted by Gasteiger charge is -2.32. The standard InChI is InChI=1S/C49H30FN/c50-31-24-26-32(27-25-31)51(47-23-11-19-42-36-13-2-1-12-34(36)35-14-3-4-18-41(35)48(42)47)33-28-29-40-39-17-7-10-22-45(39)49(46(40)30-33)43-20-8-5-15-37(43)38-16-6-9-21-44(38)49/h1-30H. The van der Waals surface area contributed by atoms with Crippen LogP contribution in [-0.2, 0) is 5.41 Å². The third-order valence-electron chi connectivity index (χ3n) is 11.3. The van der Waals surface area contributed by atoms with Crippen LogP contribution in [0.1, 0.15) is 22.3 Å². The van der Waals surface area contributed by atoms with Crippen molar-refractivity contribution in [3.05, 3.63) is 210 Å². The van der Waals surface area contributed by atoms with E-state index in [9.17, 15) is 4.39 Å². The van der Waals surface area contributed by atoms with Crippen LogP contribution in [0.5, 0.6) is 0 Å². The summed E-state index contributed by atoms with van der Waals surface area (Å²) in [5.41, 5.74) is 12.8. The van der Waals surface area contributed by atoms with E-state index in [4.69, 9.17) is 0 Å². The number of benzene rings is 9. The molecule has 0 aromatic heterocycles. The second kappa shape index (κ2) is 10.5. The summed E-state index contributed by atoms with van der Waals surface area (Å²) >= 11 is 0. The van der Waals surface area contributed by atoms with Crippen LogP contribution < -0.4 is 4.90 Å². The number of fused-ring (bicyclic) bond motifs is 16. The Morgan fingerprint density at radius 3 is 1.35 bits per heavy atom. The molecule has 1 nitrogen and oxygen atoms in total. The molecule has 0 N–H and O–H groups in total. The fourth-order valence-electron chi connectivity index (χ4n) is 9.36. The average molecular weight is 652 g/mol. The van der Waals surface area contributed by atoms with Crippen LogP contribution in [0, 0.1) is 5.82 Å². The molecule has 0 fully saturated rings. The molecule has 2 aliphatic rings. The van der Waals surface area contributed by atoms with E-state index in [2.05, 4.69) is 163 Å². The minimum atomic E-state index is -0.467. The quantitative estimate of drug-likeness (QED) is 0.172. The van der Waals surface area contributed by atoms with Gasteiger partial charge in [0.2, 0.25) is 0 Å². The van der Waals surface area contributed by atoms with Gasteiger partial charge in [0, 0.05) is 16.8 Å². The molecular formula is C49H30FN. The fourth-order valence-corrected chi connectivity index (χ4v) is 9.36. The lowest BCUT2D eigenvalue weighted by Crippen LogP contribution is -2.26. The third kappa shape index (κ3) is 3.74. The summed E-state index contributed by atoms with van der Waals surface area (Å²) in [5, 5.41) is 7.23. The number of halogens is 1. The molecule has 0 aliphatic heterocycles. The lowest BCUT2D eigenvalue weighted by atomic mass is 9.70. The average Bonchev–Trinajstić information content (AvgIpc) is 3.66. The maximum absolute atomic E-state index is 14.6. The van der Waals surface area contributed by atoms with Gasteiger partial charge in [-0.25, -0.2) is 4.39 Å². The lowest BCUT2D eigenvalue weighted by molar-refractivity contribution is 0.628. The molecule has 0 saturated heterocycles. The minimum absolute atomic E-state index is 0.254.